The molecule has 3 aromatic rings. The van der Waals surface area contributed by atoms with E-state index in [2.05, 4.69) is 0 Å². The predicted molar refractivity (Wildman–Crippen MR) is 109 cm³/mol. The summed E-state index contributed by atoms with van der Waals surface area (Å²) >= 11 is 5.89. The Labute approximate surface area is 177 Å². The molecule has 0 amide bonds. The van der Waals surface area contributed by atoms with Crippen molar-refractivity contribution in [3.8, 4) is 6.07 Å². The summed E-state index contributed by atoms with van der Waals surface area (Å²) in [5, 5.41) is 18.8. The number of rotatable bonds is 6. The summed E-state index contributed by atoms with van der Waals surface area (Å²) in [6.07, 6.45) is 0. The van der Waals surface area contributed by atoms with E-state index in [1.54, 1.807) is 24.3 Å². The number of nitrogens with zero attached hydrogens (tertiary/aromatic N) is 2. The number of halogens is 2. The van der Waals surface area contributed by atoms with Gasteiger partial charge in [-0.1, -0.05) is 29.8 Å². The molecule has 0 radical (unpaired) electrons. The monoisotopic (exact) mass is 444 g/mol. The van der Waals surface area contributed by atoms with Crippen LogP contribution in [0.1, 0.15) is 21.5 Å². The number of nitriles is 1. The summed E-state index contributed by atoms with van der Waals surface area (Å²) < 4.78 is 41.6. The van der Waals surface area contributed by atoms with Gasteiger partial charge in [0, 0.05) is 5.02 Å². The lowest BCUT2D eigenvalue weighted by Gasteiger charge is -2.25. The fraction of sp³-hybridized carbons (Fsp3) is 0.0476. The minimum atomic E-state index is -4.22. The maximum atomic E-state index is 13.9. The van der Waals surface area contributed by atoms with Gasteiger partial charge in [0.25, 0.3) is 10.0 Å². The zero-order chi connectivity index (χ0) is 21.9. The predicted octanol–water partition coefficient (Wildman–Crippen LogP) is 4.44. The fourth-order valence-electron chi connectivity index (χ4n) is 2.76. The number of carboxylic acids is 1. The second-order valence-electron chi connectivity index (χ2n) is 6.25. The number of benzene rings is 3. The first-order chi connectivity index (χ1) is 14.2. The number of anilines is 1. The summed E-state index contributed by atoms with van der Waals surface area (Å²) in [6.45, 7) is -0.166. The number of carboxylic acid groups (broad SMARTS) is 1. The van der Waals surface area contributed by atoms with Gasteiger partial charge in [-0.3, -0.25) is 4.31 Å². The van der Waals surface area contributed by atoms with Crippen LogP contribution in [0.3, 0.4) is 0 Å². The highest BCUT2D eigenvalue weighted by atomic mass is 35.5. The standard InChI is InChI=1S/C21H14ClFN2O4S/c22-16-6-4-14(5-7-16)13-25(17-8-9-20(23)19(11-17)21(26)27)30(28,29)18-3-1-2-15(10-18)12-24/h1-11H,13H2,(H,26,27). The van der Waals surface area contributed by atoms with E-state index in [-0.39, 0.29) is 22.7 Å². The van der Waals surface area contributed by atoms with Gasteiger partial charge in [0.2, 0.25) is 0 Å². The first-order valence-electron chi connectivity index (χ1n) is 8.52. The minimum absolute atomic E-state index is 0.0360. The Hall–Kier alpha value is -3.41. The number of aromatic carboxylic acids is 1. The Kier molecular flexibility index (Phi) is 6.06. The summed E-state index contributed by atoms with van der Waals surface area (Å²) in [7, 11) is -4.22. The molecule has 0 aliphatic rings. The lowest BCUT2D eigenvalue weighted by Crippen LogP contribution is -2.31. The molecular formula is C21H14ClFN2O4S. The van der Waals surface area contributed by atoms with Crippen LogP contribution in [0.5, 0.6) is 0 Å². The molecule has 0 fully saturated rings. The molecule has 0 unspecified atom stereocenters. The third kappa shape index (κ3) is 4.43. The molecule has 3 aromatic carbocycles. The Morgan fingerprint density at radius 3 is 2.43 bits per heavy atom. The summed E-state index contributed by atoms with van der Waals surface area (Å²) in [4.78, 5) is 11.2. The molecular weight excluding hydrogens is 431 g/mol. The molecule has 152 valence electrons. The van der Waals surface area contributed by atoms with Gasteiger partial charge in [0.1, 0.15) is 5.82 Å². The van der Waals surface area contributed by atoms with Crippen molar-refractivity contribution >= 4 is 33.3 Å². The second kappa shape index (κ2) is 8.53. The molecule has 0 aliphatic carbocycles. The van der Waals surface area contributed by atoms with Crippen LogP contribution < -0.4 is 4.31 Å². The maximum Gasteiger partial charge on any atom is 0.338 e. The molecule has 6 nitrogen and oxygen atoms in total. The van der Waals surface area contributed by atoms with Gasteiger partial charge < -0.3 is 5.11 Å². The molecule has 9 heteroatoms. The third-order valence-corrected chi connectivity index (χ3v) is 6.28. The summed E-state index contributed by atoms with van der Waals surface area (Å²) in [5.41, 5.74) is 0.0224. The van der Waals surface area contributed by atoms with Crippen LogP contribution in [0.25, 0.3) is 0 Å². The average molecular weight is 445 g/mol. The molecule has 0 spiro atoms. The molecule has 30 heavy (non-hydrogen) atoms. The third-order valence-electron chi connectivity index (χ3n) is 4.26. The molecule has 0 aliphatic heterocycles. The van der Waals surface area contributed by atoms with E-state index < -0.39 is 27.4 Å². The van der Waals surface area contributed by atoms with E-state index in [1.165, 1.54) is 30.3 Å². The molecule has 0 atom stereocenters. The van der Waals surface area contributed by atoms with Crippen molar-refractivity contribution in [2.45, 2.75) is 11.4 Å². The first-order valence-corrected chi connectivity index (χ1v) is 10.3. The van der Waals surface area contributed by atoms with Crippen molar-refractivity contribution in [3.05, 3.63) is 94.3 Å². The largest absolute Gasteiger partial charge is 0.478 e. The van der Waals surface area contributed by atoms with Crippen molar-refractivity contribution in [1.82, 2.24) is 0 Å². The van der Waals surface area contributed by atoms with Crippen LogP contribution >= 0.6 is 11.6 Å². The van der Waals surface area contributed by atoms with Gasteiger partial charge in [-0.05, 0) is 54.1 Å². The van der Waals surface area contributed by atoms with Gasteiger partial charge >= 0.3 is 5.97 Å². The normalized spacial score (nSPS) is 11.0. The quantitative estimate of drug-likeness (QED) is 0.605. The van der Waals surface area contributed by atoms with Crippen molar-refractivity contribution in [3.63, 3.8) is 0 Å². The van der Waals surface area contributed by atoms with Crippen molar-refractivity contribution in [2.24, 2.45) is 0 Å². The van der Waals surface area contributed by atoms with Gasteiger partial charge in [0.15, 0.2) is 0 Å². The van der Waals surface area contributed by atoms with E-state index in [0.717, 1.165) is 16.4 Å². The smallest absolute Gasteiger partial charge is 0.338 e. The zero-order valence-electron chi connectivity index (χ0n) is 15.3. The minimum Gasteiger partial charge on any atom is -0.478 e. The SMILES string of the molecule is N#Cc1cccc(S(=O)(=O)N(Cc2ccc(Cl)cc2)c2ccc(F)c(C(=O)O)c2)c1. The Bertz CT molecular complexity index is 1250. The number of carbonyl (C=O) groups is 1. The van der Waals surface area contributed by atoms with E-state index in [4.69, 9.17) is 16.9 Å². The van der Waals surface area contributed by atoms with E-state index >= 15 is 0 Å². The topological polar surface area (TPSA) is 98.5 Å². The Morgan fingerprint density at radius 2 is 1.80 bits per heavy atom. The average Bonchev–Trinajstić information content (AvgIpc) is 2.73. The van der Waals surface area contributed by atoms with Gasteiger partial charge in [-0.2, -0.15) is 5.26 Å². The number of hydrogen-bond donors (Lipinski definition) is 1. The zero-order valence-corrected chi connectivity index (χ0v) is 16.9. The van der Waals surface area contributed by atoms with Crippen LogP contribution in [-0.4, -0.2) is 19.5 Å². The fourth-order valence-corrected chi connectivity index (χ4v) is 4.37. The van der Waals surface area contributed by atoms with Crippen LogP contribution in [0.15, 0.2) is 71.6 Å². The van der Waals surface area contributed by atoms with Gasteiger partial charge in [-0.25, -0.2) is 17.6 Å². The first kappa shape index (κ1) is 21.3. The second-order valence-corrected chi connectivity index (χ2v) is 8.55. The van der Waals surface area contributed by atoms with Crippen molar-refractivity contribution in [2.75, 3.05) is 4.31 Å². The molecule has 0 aromatic heterocycles. The maximum absolute atomic E-state index is 13.9. The van der Waals surface area contributed by atoms with Crippen LogP contribution in [0.4, 0.5) is 10.1 Å². The molecule has 1 N–H and O–H groups in total. The Balaban J connectivity index is 2.16. The number of hydrogen-bond acceptors (Lipinski definition) is 4. The highest BCUT2D eigenvalue weighted by Crippen LogP contribution is 2.28. The number of sulfonamides is 1. The molecule has 3 rings (SSSR count). The van der Waals surface area contributed by atoms with Crippen LogP contribution in [0.2, 0.25) is 5.02 Å². The van der Waals surface area contributed by atoms with E-state index in [1.807, 2.05) is 6.07 Å². The highest BCUT2D eigenvalue weighted by molar-refractivity contribution is 7.92. The molecule has 0 saturated heterocycles. The van der Waals surface area contributed by atoms with Crippen LogP contribution in [-0.2, 0) is 16.6 Å². The lowest BCUT2D eigenvalue weighted by atomic mass is 10.1. The van der Waals surface area contributed by atoms with Gasteiger partial charge in [0.05, 0.1) is 34.3 Å². The Morgan fingerprint density at radius 1 is 1.10 bits per heavy atom. The highest BCUT2D eigenvalue weighted by Gasteiger charge is 2.27. The molecule has 0 saturated carbocycles. The van der Waals surface area contributed by atoms with E-state index in [9.17, 15) is 22.7 Å². The lowest BCUT2D eigenvalue weighted by molar-refractivity contribution is 0.0692. The van der Waals surface area contributed by atoms with Crippen LogP contribution in [0, 0.1) is 17.1 Å². The van der Waals surface area contributed by atoms with Crippen molar-refractivity contribution < 1.29 is 22.7 Å². The van der Waals surface area contributed by atoms with E-state index in [0.29, 0.717) is 10.6 Å². The molecule has 0 heterocycles. The molecule has 0 bridgehead atoms. The summed E-state index contributed by atoms with van der Waals surface area (Å²) in [5.74, 6) is -2.51. The summed E-state index contributed by atoms with van der Waals surface area (Å²) in [6, 6.07) is 16.8. The van der Waals surface area contributed by atoms with Gasteiger partial charge in [-0.15, -0.1) is 0 Å². The van der Waals surface area contributed by atoms with Crippen molar-refractivity contribution in [1.29, 1.82) is 5.26 Å².